The molecule has 4 aliphatic rings. The molecular weight excluding hydrogens is 462 g/mol. The number of rotatable bonds is 6. The lowest BCUT2D eigenvalue weighted by atomic mass is 9.51. The van der Waals surface area contributed by atoms with Gasteiger partial charge in [0.1, 0.15) is 6.10 Å². The van der Waals surface area contributed by atoms with Gasteiger partial charge in [0.05, 0.1) is 30.0 Å². The molecule has 3 heterocycles. The van der Waals surface area contributed by atoms with Crippen LogP contribution in [0.25, 0.3) is 6.08 Å². The Labute approximate surface area is 208 Å². The highest BCUT2D eigenvalue weighted by Gasteiger charge is 2.66. The summed E-state index contributed by atoms with van der Waals surface area (Å²) in [6.45, 7) is 4.58. The van der Waals surface area contributed by atoms with E-state index in [1.54, 1.807) is 41.7 Å². The zero-order valence-corrected chi connectivity index (χ0v) is 20.1. The Bertz CT molecular complexity index is 1270. The molecule has 1 aromatic carbocycles. The predicted molar refractivity (Wildman–Crippen MR) is 131 cm³/mol. The van der Waals surface area contributed by atoms with E-state index in [9.17, 15) is 20.0 Å². The number of likely N-dealkylation sites (tertiary alicyclic amines) is 1. The van der Waals surface area contributed by atoms with Crippen LogP contribution in [0.2, 0.25) is 0 Å². The maximum atomic E-state index is 13.2. The summed E-state index contributed by atoms with van der Waals surface area (Å²) < 4.78 is 11.7. The Kier molecular flexibility index (Phi) is 5.22. The Hall–Kier alpha value is -3.59. The summed E-state index contributed by atoms with van der Waals surface area (Å²) in [7, 11) is 1.81. The third kappa shape index (κ3) is 3.22. The van der Waals surface area contributed by atoms with Gasteiger partial charge in [0.25, 0.3) is 5.70 Å². The molecule has 1 saturated carbocycles. The summed E-state index contributed by atoms with van der Waals surface area (Å²) in [6.07, 6.45) is 9.26. The van der Waals surface area contributed by atoms with Crippen molar-refractivity contribution < 1.29 is 24.0 Å². The largest absolute Gasteiger partial charge is 0.504 e. The van der Waals surface area contributed by atoms with E-state index in [0.29, 0.717) is 12.3 Å². The van der Waals surface area contributed by atoms with Gasteiger partial charge in [-0.15, -0.1) is 0 Å². The number of ether oxygens (including phenoxy) is 1. The zero-order valence-electron chi connectivity index (χ0n) is 20.1. The molecule has 36 heavy (non-hydrogen) atoms. The van der Waals surface area contributed by atoms with Gasteiger partial charge in [0.15, 0.2) is 11.5 Å². The first-order valence-electron chi connectivity index (χ1n) is 12.4. The maximum absolute atomic E-state index is 13.2. The van der Waals surface area contributed by atoms with Crippen LogP contribution in [-0.4, -0.2) is 64.1 Å². The Morgan fingerprint density at radius 2 is 2.22 bits per heavy atom. The molecule has 1 N–H and O–H groups in total. The summed E-state index contributed by atoms with van der Waals surface area (Å²) in [5.41, 5.74) is 2.69. The number of hydrogen-bond acceptors (Lipinski definition) is 7. The van der Waals surface area contributed by atoms with Crippen molar-refractivity contribution in [3.63, 3.8) is 0 Å². The van der Waals surface area contributed by atoms with Gasteiger partial charge >= 0.3 is 0 Å². The molecule has 1 saturated heterocycles. The Morgan fingerprint density at radius 1 is 1.39 bits per heavy atom. The van der Waals surface area contributed by atoms with Crippen LogP contribution in [0.4, 0.5) is 0 Å². The smallest absolute Gasteiger partial charge is 0.253 e. The van der Waals surface area contributed by atoms with Crippen molar-refractivity contribution in [1.29, 1.82) is 0 Å². The van der Waals surface area contributed by atoms with E-state index in [1.807, 2.05) is 13.1 Å². The van der Waals surface area contributed by atoms with E-state index in [4.69, 9.17) is 9.15 Å². The minimum absolute atomic E-state index is 0.00536. The molecule has 2 aromatic rings. The number of piperidine rings is 1. The monoisotopic (exact) mass is 491 g/mol. The zero-order chi connectivity index (χ0) is 25.2. The molecule has 9 heteroatoms. The van der Waals surface area contributed by atoms with E-state index in [1.165, 1.54) is 0 Å². The van der Waals surface area contributed by atoms with Crippen molar-refractivity contribution >= 4 is 12.0 Å². The normalized spacial score (nSPS) is 30.0. The number of furan rings is 1. The van der Waals surface area contributed by atoms with Crippen molar-refractivity contribution in [2.24, 2.45) is 5.92 Å². The lowest BCUT2D eigenvalue weighted by Crippen LogP contribution is -2.69. The summed E-state index contributed by atoms with van der Waals surface area (Å²) >= 11 is 0. The number of phenolic OH excluding ortho intramolecular Hbond substituents is 1. The van der Waals surface area contributed by atoms with Crippen molar-refractivity contribution in [1.82, 2.24) is 9.80 Å². The fourth-order valence-corrected chi connectivity index (χ4v) is 7.30. The first kappa shape index (κ1) is 22.8. The number of hydrogen-bond donors (Lipinski definition) is 1. The van der Waals surface area contributed by atoms with E-state index in [0.717, 1.165) is 42.4 Å². The summed E-state index contributed by atoms with van der Waals surface area (Å²) in [5, 5.41) is 22.1. The number of nitrogens with zero attached hydrogens (tertiary/aromatic N) is 3. The fraction of sp³-hybridized carbons (Fsp3) is 0.444. The second kappa shape index (κ2) is 8.23. The van der Waals surface area contributed by atoms with Gasteiger partial charge in [-0.1, -0.05) is 6.07 Å². The van der Waals surface area contributed by atoms with Crippen LogP contribution in [0.3, 0.4) is 0 Å². The average Bonchev–Trinajstić information content (AvgIpc) is 3.50. The first-order valence-corrected chi connectivity index (χ1v) is 12.4. The van der Waals surface area contributed by atoms with Crippen molar-refractivity contribution in [2.75, 3.05) is 20.1 Å². The van der Waals surface area contributed by atoms with Gasteiger partial charge in [-0.2, -0.15) is 0 Å². The molecule has 2 aliphatic carbocycles. The topological polar surface area (TPSA) is 109 Å². The Balaban J connectivity index is 1.35. The molecule has 9 nitrogen and oxygen atoms in total. The van der Waals surface area contributed by atoms with Crippen LogP contribution < -0.4 is 4.74 Å². The number of benzene rings is 1. The molecule has 1 spiro atoms. The van der Waals surface area contributed by atoms with Crippen molar-refractivity contribution in [2.45, 2.75) is 49.3 Å². The summed E-state index contributed by atoms with van der Waals surface area (Å²) in [6, 6.07) is 5.38. The van der Waals surface area contributed by atoms with E-state index >= 15 is 0 Å². The second-order valence-electron chi connectivity index (χ2n) is 10.4. The molecule has 2 bridgehead atoms. The van der Waals surface area contributed by atoms with Crippen LogP contribution in [0.15, 0.2) is 53.5 Å². The fourth-order valence-electron chi connectivity index (χ4n) is 7.30. The summed E-state index contributed by atoms with van der Waals surface area (Å²) in [5.74, 6) is 0.775. The molecule has 5 atom stereocenters. The molecule has 1 aromatic heterocycles. The van der Waals surface area contributed by atoms with Crippen LogP contribution in [0.5, 0.6) is 11.5 Å². The number of nitro groups is 1. The lowest BCUT2D eigenvalue weighted by molar-refractivity contribution is -0.428. The molecule has 188 valence electrons. The molecule has 2 fully saturated rings. The Morgan fingerprint density at radius 3 is 2.97 bits per heavy atom. The molecule has 0 radical (unpaired) electrons. The minimum Gasteiger partial charge on any atom is -0.504 e. The van der Waals surface area contributed by atoms with Crippen LogP contribution in [0.1, 0.15) is 36.0 Å². The van der Waals surface area contributed by atoms with E-state index in [2.05, 4.69) is 11.5 Å². The van der Waals surface area contributed by atoms with Crippen LogP contribution >= 0.6 is 0 Å². The van der Waals surface area contributed by atoms with Crippen LogP contribution in [-0.2, 0) is 16.6 Å². The van der Waals surface area contributed by atoms with Gasteiger partial charge in [-0.3, -0.25) is 19.8 Å². The van der Waals surface area contributed by atoms with Gasteiger partial charge in [0, 0.05) is 42.3 Å². The number of phenols is 1. The predicted octanol–water partition coefficient (Wildman–Crippen LogP) is 3.36. The number of aromatic hydroxyl groups is 1. The number of amides is 1. The first-order chi connectivity index (χ1) is 17.3. The maximum Gasteiger partial charge on any atom is 0.253 e. The number of carbonyl (C=O) groups is 1. The van der Waals surface area contributed by atoms with E-state index in [-0.39, 0.29) is 53.4 Å². The van der Waals surface area contributed by atoms with Crippen molar-refractivity contribution in [3.8, 4) is 11.5 Å². The molecule has 0 unspecified atom stereocenters. The molecular formula is C27H29N3O6. The van der Waals surface area contributed by atoms with Gasteiger partial charge in [-0.05, 0) is 62.0 Å². The number of likely N-dealkylation sites (N-methyl/N-ethyl adjacent to an activating group) is 1. The molecule has 2 aliphatic heterocycles. The van der Waals surface area contributed by atoms with Gasteiger partial charge in [-0.25, -0.2) is 0 Å². The average molecular weight is 492 g/mol. The number of carbonyl (C=O) groups excluding carboxylic acids is 1. The standard InChI is InChI=1S/C27H29N3O6/c1-16(30(33)34)14-29-11-10-27-19-5-6-20(28(2)23(32)8-3-17-9-12-35-15-17)26(27)36-25-22(31)7-4-18(24(25)27)13-21(19)29/h3-4,7-9,12,15,19-21,26,31H,1,5-6,10-11,13-14H2,2H3/t19-,20+,21+,26-,27-/m0/s1. The second-order valence-corrected chi connectivity index (χ2v) is 10.4. The van der Waals surface area contributed by atoms with Gasteiger partial charge in [0.2, 0.25) is 5.91 Å². The van der Waals surface area contributed by atoms with Gasteiger partial charge < -0.3 is 19.2 Å². The highest BCUT2D eigenvalue weighted by Crippen LogP contribution is 2.64. The lowest BCUT2D eigenvalue weighted by Gasteiger charge is -2.60. The highest BCUT2D eigenvalue weighted by molar-refractivity contribution is 5.91. The van der Waals surface area contributed by atoms with Crippen molar-refractivity contribution in [3.05, 3.63) is 75.9 Å². The summed E-state index contributed by atoms with van der Waals surface area (Å²) in [4.78, 5) is 28.0. The molecule has 6 rings (SSSR count). The molecule has 1 amide bonds. The quantitative estimate of drug-likeness (QED) is 0.375. The highest BCUT2D eigenvalue weighted by atomic mass is 16.6. The minimum atomic E-state index is -0.396. The van der Waals surface area contributed by atoms with E-state index < -0.39 is 4.92 Å². The third-order valence-corrected chi connectivity index (χ3v) is 8.85. The van der Waals surface area contributed by atoms with Crippen LogP contribution in [0, 0.1) is 16.0 Å². The SMILES string of the molecule is C=C(CN1CC[C@]23c4c5ccc(O)c4O[C@H]2[C@H](N(C)C(=O)C=Cc2ccoc2)CC[C@H]3[C@H]1C5)[N+](=O)[O-]. The third-order valence-electron chi connectivity index (χ3n) is 8.85.